The van der Waals surface area contributed by atoms with Crippen molar-refractivity contribution in [1.29, 1.82) is 0 Å². The Balaban J connectivity index is 2.07. The third-order valence-electron chi connectivity index (χ3n) is 2.53. The number of anilines is 1. The molecule has 0 aliphatic carbocycles. The maximum Gasteiger partial charge on any atom is 0.223 e. The average Bonchev–Trinajstić information content (AvgIpc) is 2.39. The van der Waals surface area contributed by atoms with Crippen LogP contribution < -0.4 is 10.5 Å². The molecule has 0 fully saturated rings. The summed E-state index contributed by atoms with van der Waals surface area (Å²) >= 11 is 2.10. The molecule has 0 saturated heterocycles. The van der Waals surface area contributed by atoms with Gasteiger partial charge in [0.2, 0.25) is 5.88 Å². The number of hydrogen-bond donors (Lipinski definition) is 1. The van der Waals surface area contributed by atoms with Gasteiger partial charge in [0, 0.05) is 11.5 Å². The Labute approximate surface area is 123 Å². The lowest BCUT2D eigenvalue weighted by atomic mass is 10.2. The third-order valence-corrected chi connectivity index (χ3v) is 3.12. The first-order valence-electron chi connectivity index (χ1n) is 5.53. The second-order valence-electron chi connectivity index (χ2n) is 3.85. The van der Waals surface area contributed by atoms with E-state index in [2.05, 4.69) is 37.5 Å². The van der Waals surface area contributed by atoms with E-state index in [1.54, 1.807) is 12.1 Å². The summed E-state index contributed by atoms with van der Waals surface area (Å²) in [7, 11) is 0. The summed E-state index contributed by atoms with van der Waals surface area (Å²) in [6, 6.07) is 11.1. The smallest absolute Gasteiger partial charge is 0.223 e. The Morgan fingerprint density at radius 3 is 2.84 bits per heavy atom. The monoisotopic (exact) mass is 364 g/mol. The Hall–Kier alpha value is -1.96. The summed E-state index contributed by atoms with van der Waals surface area (Å²) in [5, 5.41) is 0.968. The fraction of sp³-hybridized carbons (Fsp3) is 0. The molecule has 94 valence electrons. The van der Waals surface area contributed by atoms with Gasteiger partial charge in [0.25, 0.3) is 0 Å². The van der Waals surface area contributed by atoms with E-state index < -0.39 is 0 Å². The zero-order chi connectivity index (χ0) is 13.2. The Kier molecular flexibility index (Phi) is 3.16. The van der Waals surface area contributed by atoms with E-state index in [0.29, 0.717) is 17.4 Å². The van der Waals surface area contributed by atoms with Crippen molar-refractivity contribution in [2.45, 2.75) is 0 Å². The number of pyridine rings is 1. The molecule has 0 spiro atoms. The lowest BCUT2D eigenvalue weighted by Gasteiger charge is -2.07. The fourth-order valence-corrected chi connectivity index (χ4v) is 2.09. The van der Waals surface area contributed by atoms with Gasteiger partial charge in [-0.1, -0.05) is 12.1 Å². The zero-order valence-corrected chi connectivity index (χ0v) is 11.9. The Bertz CT molecular complexity index is 748. The first-order valence-corrected chi connectivity index (χ1v) is 6.61. The van der Waals surface area contributed by atoms with Crippen molar-refractivity contribution >= 4 is 39.3 Å². The molecule has 0 radical (unpaired) electrons. The minimum absolute atomic E-state index is 0.459. The van der Waals surface area contributed by atoms with E-state index >= 15 is 0 Å². The van der Waals surface area contributed by atoms with Gasteiger partial charge in [0.1, 0.15) is 21.4 Å². The normalized spacial score (nSPS) is 10.6. The van der Waals surface area contributed by atoms with Gasteiger partial charge in [-0.2, -0.15) is 0 Å². The van der Waals surface area contributed by atoms with Crippen LogP contribution >= 0.6 is 22.6 Å². The summed E-state index contributed by atoms with van der Waals surface area (Å²) in [6.07, 6.45) is 1.46. The molecule has 0 unspecified atom stereocenters. The van der Waals surface area contributed by atoms with Crippen LogP contribution in [0, 0.1) is 3.70 Å². The predicted molar refractivity (Wildman–Crippen MR) is 81.0 cm³/mol. The van der Waals surface area contributed by atoms with Gasteiger partial charge < -0.3 is 10.5 Å². The first-order chi connectivity index (χ1) is 9.22. The molecule has 2 N–H and O–H groups in total. The zero-order valence-electron chi connectivity index (χ0n) is 9.75. The van der Waals surface area contributed by atoms with Crippen LogP contribution in [0.3, 0.4) is 0 Å². The van der Waals surface area contributed by atoms with Crippen molar-refractivity contribution in [3.63, 3.8) is 0 Å². The molecule has 2 aromatic heterocycles. The Morgan fingerprint density at radius 1 is 1.11 bits per heavy atom. The van der Waals surface area contributed by atoms with Crippen LogP contribution in [0.25, 0.3) is 10.9 Å². The van der Waals surface area contributed by atoms with Crippen molar-refractivity contribution < 1.29 is 4.74 Å². The molecule has 2 heterocycles. The number of para-hydroxylation sites is 1. The topological polar surface area (TPSA) is 73.9 Å². The quantitative estimate of drug-likeness (QED) is 0.559. The molecule has 1 aromatic carbocycles. The summed E-state index contributed by atoms with van der Waals surface area (Å²) in [5.74, 6) is 1.57. The molecule has 0 amide bonds. The maximum absolute atomic E-state index is 5.75. The standard InChI is InChI=1S/C13H9IN4O/c14-10-6-12(17-7-16-10)19-9-3-1-2-8-4-5-11(15)18-13(8)9/h1-7H,(H2,15,18). The van der Waals surface area contributed by atoms with Crippen LogP contribution in [-0.2, 0) is 0 Å². The molecule has 0 atom stereocenters. The van der Waals surface area contributed by atoms with Crippen LogP contribution in [0.5, 0.6) is 11.6 Å². The molecule has 0 bridgehead atoms. The molecule has 3 rings (SSSR count). The van der Waals surface area contributed by atoms with E-state index in [1.165, 1.54) is 6.33 Å². The van der Waals surface area contributed by atoms with Gasteiger partial charge >= 0.3 is 0 Å². The van der Waals surface area contributed by atoms with Gasteiger partial charge in [0.05, 0.1) is 0 Å². The summed E-state index contributed by atoms with van der Waals surface area (Å²) in [6.45, 7) is 0. The molecule has 0 aliphatic rings. The van der Waals surface area contributed by atoms with Gasteiger partial charge in [-0.15, -0.1) is 0 Å². The number of fused-ring (bicyclic) bond motifs is 1. The highest BCUT2D eigenvalue weighted by Gasteiger charge is 2.06. The summed E-state index contributed by atoms with van der Waals surface area (Å²) in [4.78, 5) is 12.4. The van der Waals surface area contributed by atoms with Crippen LogP contribution in [0.15, 0.2) is 42.7 Å². The molecule has 5 nitrogen and oxygen atoms in total. The molecule has 19 heavy (non-hydrogen) atoms. The highest BCUT2D eigenvalue weighted by molar-refractivity contribution is 14.1. The third kappa shape index (κ3) is 2.58. The van der Waals surface area contributed by atoms with Crippen molar-refractivity contribution in [3.8, 4) is 11.6 Å². The number of benzene rings is 1. The molecule has 6 heteroatoms. The van der Waals surface area contributed by atoms with Gasteiger partial charge in [-0.25, -0.2) is 15.0 Å². The van der Waals surface area contributed by atoms with Crippen LogP contribution in [0.4, 0.5) is 5.82 Å². The van der Waals surface area contributed by atoms with Crippen LogP contribution in [-0.4, -0.2) is 15.0 Å². The predicted octanol–water partition coefficient (Wildman–Crippen LogP) is 3.00. The number of rotatable bonds is 2. The van der Waals surface area contributed by atoms with E-state index in [0.717, 1.165) is 14.6 Å². The van der Waals surface area contributed by atoms with E-state index in [1.807, 2.05) is 24.3 Å². The van der Waals surface area contributed by atoms with E-state index in [-0.39, 0.29) is 0 Å². The van der Waals surface area contributed by atoms with Gasteiger partial charge in [-0.05, 0) is 40.8 Å². The Morgan fingerprint density at radius 2 is 2.00 bits per heavy atom. The number of ether oxygens (including phenoxy) is 1. The lowest BCUT2D eigenvalue weighted by molar-refractivity contribution is 0.465. The minimum Gasteiger partial charge on any atom is -0.437 e. The number of aromatic nitrogens is 3. The van der Waals surface area contributed by atoms with E-state index in [9.17, 15) is 0 Å². The molecule has 0 aliphatic heterocycles. The molecular formula is C13H9IN4O. The number of nitrogens with zero attached hydrogens (tertiary/aromatic N) is 3. The maximum atomic E-state index is 5.75. The van der Waals surface area contributed by atoms with Gasteiger partial charge in [0.15, 0.2) is 5.75 Å². The highest BCUT2D eigenvalue weighted by atomic mass is 127. The highest BCUT2D eigenvalue weighted by Crippen LogP contribution is 2.28. The summed E-state index contributed by atoms with van der Waals surface area (Å²) < 4.78 is 6.57. The molecule has 3 aromatic rings. The van der Waals surface area contributed by atoms with Crippen molar-refractivity contribution in [2.24, 2.45) is 0 Å². The minimum atomic E-state index is 0.459. The molecular weight excluding hydrogens is 355 g/mol. The fourth-order valence-electron chi connectivity index (χ4n) is 1.70. The van der Waals surface area contributed by atoms with Crippen LogP contribution in [0.2, 0.25) is 0 Å². The number of halogens is 1. The number of hydrogen-bond acceptors (Lipinski definition) is 5. The second-order valence-corrected chi connectivity index (χ2v) is 4.95. The summed E-state index contributed by atoms with van der Waals surface area (Å²) in [5.41, 5.74) is 6.44. The SMILES string of the molecule is Nc1ccc2cccc(Oc3cc(I)ncn3)c2n1. The van der Waals surface area contributed by atoms with Crippen molar-refractivity contribution in [2.75, 3.05) is 5.73 Å². The first kappa shape index (κ1) is 12.1. The number of nitrogens with two attached hydrogens (primary N) is 1. The van der Waals surface area contributed by atoms with Crippen molar-refractivity contribution in [3.05, 3.63) is 46.4 Å². The van der Waals surface area contributed by atoms with Crippen molar-refractivity contribution in [1.82, 2.24) is 15.0 Å². The van der Waals surface area contributed by atoms with E-state index in [4.69, 9.17) is 10.5 Å². The number of nitrogen functional groups attached to an aromatic ring is 1. The largest absolute Gasteiger partial charge is 0.437 e. The lowest BCUT2D eigenvalue weighted by Crippen LogP contribution is -1.94. The molecule has 0 saturated carbocycles. The average molecular weight is 364 g/mol. The van der Waals surface area contributed by atoms with Crippen LogP contribution in [0.1, 0.15) is 0 Å². The van der Waals surface area contributed by atoms with Gasteiger partial charge in [-0.3, -0.25) is 0 Å². The second kappa shape index (κ2) is 4.96.